The quantitative estimate of drug-likeness (QED) is 0.614. The van der Waals surface area contributed by atoms with Crippen LogP contribution < -0.4 is 4.74 Å². The lowest BCUT2D eigenvalue weighted by molar-refractivity contribution is -0.132. The van der Waals surface area contributed by atoms with Gasteiger partial charge in [-0.15, -0.1) is 0 Å². The Morgan fingerprint density at radius 1 is 1.17 bits per heavy atom. The summed E-state index contributed by atoms with van der Waals surface area (Å²) < 4.78 is 5.00. The second-order valence-corrected chi connectivity index (χ2v) is 5.48. The number of hydrogen-bond donors (Lipinski definition) is 0. The molecule has 1 aromatic rings. The number of nitriles is 1. The Labute approximate surface area is 140 Å². The molecule has 1 aliphatic heterocycles. The van der Waals surface area contributed by atoms with Gasteiger partial charge in [-0.1, -0.05) is 6.07 Å². The molecule has 0 aliphatic carbocycles. The van der Waals surface area contributed by atoms with E-state index in [1.165, 1.54) is 13.0 Å². The van der Waals surface area contributed by atoms with Crippen LogP contribution in [0.5, 0.6) is 5.75 Å². The normalized spacial score (nSPS) is 14.5. The van der Waals surface area contributed by atoms with Crippen molar-refractivity contribution in [3.05, 3.63) is 29.8 Å². The van der Waals surface area contributed by atoms with Crippen molar-refractivity contribution < 1.29 is 19.1 Å². The van der Waals surface area contributed by atoms with E-state index in [0.717, 1.165) is 0 Å². The Morgan fingerprint density at radius 3 is 2.58 bits per heavy atom. The zero-order valence-corrected chi connectivity index (χ0v) is 13.5. The summed E-state index contributed by atoms with van der Waals surface area (Å²) in [6.45, 7) is 3.20. The number of nitrogens with zero attached hydrogens (tertiary/aromatic N) is 3. The largest absolute Gasteiger partial charge is 0.427 e. The predicted molar refractivity (Wildman–Crippen MR) is 85.1 cm³/mol. The molecule has 0 unspecified atom stereocenters. The Kier molecular flexibility index (Phi) is 5.90. The van der Waals surface area contributed by atoms with Crippen LogP contribution in [-0.2, 0) is 9.59 Å². The van der Waals surface area contributed by atoms with Crippen molar-refractivity contribution in [1.29, 1.82) is 5.26 Å². The van der Waals surface area contributed by atoms with E-state index in [9.17, 15) is 14.4 Å². The topological polar surface area (TPSA) is 90.7 Å². The van der Waals surface area contributed by atoms with E-state index in [-0.39, 0.29) is 18.2 Å². The van der Waals surface area contributed by atoms with Crippen LogP contribution in [0.2, 0.25) is 0 Å². The van der Waals surface area contributed by atoms with Crippen LogP contribution in [0, 0.1) is 11.3 Å². The van der Waals surface area contributed by atoms with Crippen LogP contribution in [0.25, 0.3) is 0 Å². The fourth-order valence-electron chi connectivity index (χ4n) is 2.59. The number of benzene rings is 1. The third kappa shape index (κ3) is 4.56. The predicted octanol–water partition coefficient (Wildman–Crippen LogP) is 1.20. The van der Waals surface area contributed by atoms with Gasteiger partial charge in [-0.2, -0.15) is 5.26 Å². The summed E-state index contributed by atoms with van der Waals surface area (Å²) >= 11 is 0. The molecule has 1 saturated heterocycles. The van der Waals surface area contributed by atoms with E-state index in [1.54, 1.807) is 28.0 Å². The van der Waals surface area contributed by atoms with Gasteiger partial charge >= 0.3 is 5.97 Å². The van der Waals surface area contributed by atoms with E-state index < -0.39 is 5.97 Å². The van der Waals surface area contributed by atoms with Gasteiger partial charge in [0.05, 0.1) is 6.07 Å². The molecule has 1 aromatic carbocycles. The molecule has 2 amide bonds. The SMILES string of the molecule is CC(=O)Oc1cccc(C(=O)N2CCCN(C(=O)CC#N)CC2)c1. The highest BCUT2D eigenvalue weighted by atomic mass is 16.5. The van der Waals surface area contributed by atoms with Crippen LogP contribution in [0.4, 0.5) is 0 Å². The molecule has 0 saturated carbocycles. The van der Waals surface area contributed by atoms with Gasteiger partial charge in [-0.3, -0.25) is 14.4 Å². The van der Waals surface area contributed by atoms with Crippen LogP contribution in [-0.4, -0.2) is 53.8 Å². The van der Waals surface area contributed by atoms with Crippen molar-refractivity contribution in [1.82, 2.24) is 9.80 Å². The minimum atomic E-state index is -0.444. The number of esters is 1. The van der Waals surface area contributed by atoms with Gasteiger partial charge in [0.25, 0.3) is 5.91 Å². The highest BCUT2D eigenvalue weighted by Gasteiger charge is 2.22. The molecule has 24 heavy (non-hydrogen) atoms. The average molecular weight is 329 g/mol. The third-order valence-corrected chi connectivity index (χ3v) is 3.71. The molecule has 0 N–H and O–H groups in total. The van der Waals surface area contributed by atoms with E-state index in [0.29, 0.717) is 43.9 Å². The molecule has 0 spiro atoms. The maximum absolute atomic E-state index is 12.6. The number of hydrogen-bond acceptors (Lipinski definition) is 5. The first-order chi connectivity index (χ1) is 11.5. The zero-order valence-electron chi connectivity index (χ0n) is 13.5. The highest BCUT2D eigenvalue weighted by molar-refractivity contribution is 5.94. The summed E-state index contributed by atoms with van der Waals surface area (Å²) in [5.74, 6) is -0.489. The molecule has 1 heterocycles. The molecular formula is C17H19N3O4. The smallest absolute Gasteiger partial charge is 0.308 e. The molecule has 1 fully saturated rings. The Morgan fingerprint density at radius 2 is 1.88 bits per heavy atom. The molecule has 7 nitrogen and oxygen atoms in total. The van der Waals surface area contributed by atoms with Crippen molar-refractivity contribution in [3.8, 4) is 11.8 Å². The van der Waals surface area contributed by atoms with Crippen LogP contribution in [0.1, 0.15) is 30.1 Å². The first-order valence-electron chi connectivity index (χ1n) is 7.73. The van der Waals surface area contributed by atoms with Gasteiger partial charge in [0.1, 0.15) is 12.2 Å². The van der Waals surface area contributed by atoms with Crippen molar-refractivity contribution >= 4 is 17.8 Å². The van der Waals surface area contributed by atoms with Crippen LogP contribution in [0.15, 0.2) is 24.3 Å². The lowest BCUT2D eigenvalue weighted by Gasteiger charge is -2.22. The number of rotatable bonds is 3. The second-order valence-electron chi connectivity index (χ2n) is 5.48. The molecule has 1 aliphatic rings. The zero-order chi connectivity index (χ0) is 17.5. The standard InChI is InChI=1S/C17H19N3O4/c1-13(21)24-15-5-2-4-14(12-15)17(23)20-9-3-8-19(10-11-20)16(22)6-7-18/h2,4-5,12H,3,6,8-11H2,1H3. The van der Waals surface area contributed by atoms with Crippen molar-refractivity contribution in [2.75, 3.05) is 26.2 Å². The molecule has 0 radical (unpaired) electrons. The van der Waals surface area contributed by atoms with E-state index in [4.69, 9.17) is 10.00 Å². The summed E-state index contributed by atoms with van der Waals surface area (Å²) in [6.07, 6.45) is 0.519. The summed E-state index contributed by atoms with van der Waals surface area (Å²) in [7, 11) is 0. The highest BCUT2D eigenvalue weighted by Crippen LogP contribution is 2.16. The van der Waals surface area contributed by atoms with Crippen molar-refractivity contribution in [2.24, 2.45) is 0 Å². The molecule has 126 valence electrons. The monoisotopic (exact) mass is 329 g/mol. The summed E-state index contributed by atoms with van der Waals surface area (Å²) in [4.78, 5) is 38.7. The number of carbonyl (C=O) groups excluding carboxylic acids is 3. The first-order valence-corrected chi connectivity index (χ1v) is 7.73. The van der Waals surface area contributed by atoms with Crippen molar-refractivity contribution in [3.63, 3.8) is 0 Å². The van der Waals surface area contributed by atoms with E-state index in [2.05, 4.69) is 0 Å². The fraction of sp³-hybridized carbons (Fsp3) is 0.412. The second kappa shape index (κ2) is 8.11. The molecule has 0 aromatic heterocycles. The Bertz CT molecular complexity index is 681. The van der Waals surface area contributed by atoms with Gasteiger partial charge in [0.15, 0.2) is 0 Å². The Balaban J connectivity index is 2.04. The van der Waals surface area contributed by atoms with Crippen molar-refractivity contribution in [2.45, 2.75) is 19.8 Å². The first kappa shape index (κ1) is 17.5. The van der Waals surface area contributed by atoms with E-state index >= 15 is 0 Å². The summed E-state index contributed by atoms with van der Waals surface area (Å²) in [5.41, 5.74) is 0.436. The number of ether oxygens (including phenoxy) is 1. The van der Waals surface area contributed by atoms with Crippen LogP contribution >= 0.6 is 0 Å². The lowest BCUT2D eigenvalue weighted by atomic mass is 10.2. The Hall–Kier alpha value is -2.88. The maximum Gasteiger partial charge on any atom is 0.308 e. The average Bonchev–Trinajstić information content (AvgIpc) is 2.80. The maximum atomic E-state index is 12.6. The van der Waals surface area contributed by atoms with E-state index in [1.807, 2.05) is 6.07 Å². The van der Waals surface area contributed by atoms with Gasteiger partial charge in [-0.05, 0) is 24.6 Å². The number of amides is 2. The van der Waals surface area contributed by atoms with Gasteiger partial charge in [0.2, 0.25) is 5.91 Å². The van der Waals surface area contributed by atoms with Gasteiger partial charge in [0, 0.05) is 38.7 Å². The molecule has 0 atom stereocenters. The van der Waals surface area contributed by atoms with Gasteiger partial charge < -0.3 is 14.5 Å². The summed E-state index contributed by atoms with van der Waals surface area (Å²) in [6, 6.07) is 8.33. The summed E-state index contributed by atoms with van der Waals surface area (Å²) in [5, 5.41) is 8.62. The number of carbonyl (C=O) groups is 3. The fourth-order valence-corrected chi connectivity index (χ4v) is 2.59. The minimum absolute atomic E-state index is 0.140. The van der Waals surface area contributed by atoms with Crippen LogP contribution in [0.3, 0.4) is 0 Å². The molecule has 0 bridgehead atoms. The third-order valence-electron chi connectivity index (χ3n) is 3.71. The molecular weight excluding hydrogens is 310 g/mol. The lowest BCUT2D eigenvalue weighted by Crippen LogP contribution is -2.37. The molecule has 7 heteroatoms. The molecule has 2 rings (SSSR count). The minimum Gasteiger partial charge on any atom is -0.427 e. The van der Waals surface area contributed by atoms with Gasteiger partial charge in [-0.25, -0.2) is 0 Å².